The lowest BCUT2D eigenvalue weighted by Crippen LogP contribution is -2.34. The Kier molecular flexibility index (Phi) is 5.58. The first-order chi connectivity index (χ1) is 14.0. The maximum atomic E-state index is 12.8. The van der Waals surface area contributed by atoms with Crippen molar-refractivity contribution in [1.29, 1.82) is 0 Å². The standard InChI is InChI=1S/C23H24ClN3O2/c1-26(14-16-5-3-2-4-6-16)23(29)18-11-22(28)27(15-18)10-9-17-13-25-21-8-7-19(24)12-20(17)21/h2-8,12-13,18,25H,9-11,14-15H2,1H3/t18-/m0/s1. The van der Waals surface area contributed by atoms with Crippen LogP contribution in [0.15, 0.2) is 54.7 Å². The SMILES string of the molecule is CN(Cc1ccccc1)C(=O)[C@H]1CC(=O)N(CCc2c[nH]c3ccc(Cl)cc23)C1. The molecule has 1 aromatic heterocycles. The van der Waals surface area contributed by atoms with E-state index < -0.39 is 0 Å². The van der Waals surface area contributed by atoms with Gasteiger partial charge in [0.05, 0.1) is 5.92 Å². The zero-order valence-electron chi connectivity index (χ0n) is 16.4. The molecule has 2 heterocycles. The number of amides is 2. The van der Waals surface area contributed by atoms with E-state index in [4.69, 9.17) is 11.6 Å². The van der Waals surface area contributed by atoms with Crippen molar-refractivity contribution >= 4 is 34.3 Å². The molecule has 5 nitrogen and oxygen atoms in total. The smallest absolute Gasteiger partial charge is 0.228 e. The number of carbonyl (C=O) groups excluding carboxylic acids is 2. The molecule has 0 saturated carbocycles. The molecule has 150 valence electrons. The molecule has 0 bridgehead atoms. The lowest BCUT2D eigenvalue weighted by atomic mass is 10.1. The highest BCUT2D eigenvalue weighted by molar-refractivity contribution is 6.31. The van der Waals surface area contributed by atoms with Crippen LogP contribution >= 0.6 is 11.6 Å². The van der Waals surface area contributed by atoms with E-state index in [2.05, 4.69) is 4.98 Å². The van der Waals surface area contributed by atoms with Crippen LogP contribution in [0.3, 0.4) is 0 Å². The summed E-state index contributed by atoms with van der Waals surface area (Å²) < 4.78 is 0. The maximum absolute atomic E-state index is 12.8. The van der Waals surface area contributed by atoms with Gasteiger partial charge in [0.25, 0.3) is 0 Å². The minimum Gasteiger partial charge on any atom is -0.361 e. The summed E-state index contributed by atoms with van der Waals surface area (Å²) >= 11 is 6.12. The van der Waals surface area contributed by atoms with Crippen molar-refractivity contribution < 1.29 is 9.59 Å². The number of rotatable bonds is 6. The molecule has 0 radical (unpaired) electrons. The van der Waals surface area contributed by atoms with Gasteiger partial charge in [-0.3, -0.25) is 9.59 Å². The number of aromatic amines is 1. The normalized spacial score (nSPS) is 16.6. The number of halogens is 1. The van der Waals surface area contributed by atoms with Crippen molar-refractivity contribution in [3.63, 3.8) is 0 Å². The van der Waals surface area contributed by atoms with Crippen LogP contribution in [0, 0.1) is 5.92 Å². The number of nitrogens with one attached hydrogen (secondary N) is 1. The summed E-state index contributed by atoms with van der Waals surface area (Å²) in [7, 11) is 1.80. The molecule has 1 N–H and O–H groups in total. The molecule has 1 saturated heterocycles. The van der Waals surface area contributed by atoms with Gasteiger partial charge in [-0.2, -0.15) is 0 Å². The zero-order valence-corrected chi connectivity index (χ0v) is 17.2. The van der Waals surface area contributed by atoms with Crippen molar-refractivity contribution in [3.8, 4) is 0 Å². The van der Waals surface area contributed by atoms with Gasteiger partial charge in [0.1, 0.15) is 0 Å². The van der Waals surface area contributed by atoms with Crippen LogP contribution < -0.4 is 0 Å². The van der Waals surface area contributed by atoms with E-state index in [1.807, 2.05) is 59.6 Å². The average Bonchev–Trinajstić information content (AvgIpc) is 3.29. The van der Waals surface area contributed by atoms with Crippen LogP contribution in [0.1, 0.15) is 17.5 Å². The Labute approximate surface area is 175 Å². The molecular formula is C23H24ClN3O2. The summed E-state index contributed by atoms with van der Waals surface area (Å²) in [5.74, 6) is -0.188. The predicted octanol–water partition coefficient (Wildman–Crippen LogP) is 3.87. The van der Waals surface area contributed by atoms with Crippen LogP contribution in [-0.4, -0.2) is 46.7 Å². The minimum absolute atomic E-state index is 0.0311. The van der Waals surface area contributed by atoms with Gasteiger partial charge in [-0.05, 0) is 35.7 Å². The Hall–Kier alpha value is -2.79. The van der Waals surface area contributed by atoms with E-state index in [0.717, 1.165) is 28.5 Å². The fourth-order valence-electron chi connectivity index (χ4n) is 4.01. The lowest BCUT2D eigenvalue weighted by Gasteiger charge is -2.21. The molecule has 1 aliphatic heterocycles. The highest BCUT2D eigenvalue weighted by atomic mass is 35.5. The van der Waals surface area contributed by atoms with E-state index in [9.17, 15) is 9.59 Å². The van der Waals surface area contributed by atoms with Gasteiger partial charge >= 0.3 is 0 Å². The van der Waals surface area contributed by atoms with Crippen molar-refractivity contribution in [2.24, 2.45) is 5.92 Å². The fourth-order valence-corrected chi connectivity index (χ4v) is 4.19. The number of H-pyrrole nitrogens is 1. The van der Waals surface area contributed by atoms with E-state index in [1.165, 1.54) is 0 Å². The Bertz CT molecular complexity index is 1030. The minimum atomic E-state index is -0.270. The first-order valence-electron chi connectivity index (χ1n) is 9.83. The summed E-state index contributed by atoms with van der Waals surface area (Å²) in [6, 6.07) is 15.7. The van der Waals surface area contributed by atoms with Gasteiger partial charge in [-0.1, -0.05) is 41.9 Å². The number of nitrogens with zero attached hydrogens (tertiary/aromatic N) is 2. The molecule has 1 aliphatic rings. The average molecular weight is 410 g/mol. The van der Waals surface area contributed by atoms with E-state index in [1.54, 1.807) is 11.9 Å². The molecule has 4 rings (SSSR count). The third kappa shape index (κ3) is 4.30. The number of aromatic nitrogens is 1. The number of carbonyl (C=O) groups is 2. The van der Waals surface area contributed by atoms with Crippen molar-refractivity contribution in [1.82, 2.24) is 14.8 Å². The number of hydrogen-bond donors (Lipinski definition) is 1. The number of likely N-dealkylation sites (tertiary alicyclic amines) is 1. The summed E-state index contributed by atoms with van der Waals surface area (Å²) in [6.45, 7) is 1.64. The number of benzene rings is 2. The van der Waals surface area contributed by atoms with E-state index in [-0.39, 0.29) is 24.2 Å². The third-order valence-electron chi connectivity index (χ3n) is 5.58. The largest absolute Gasteiger partial charge is 0.361 e. The van der Waals surface area contributed by atoms with Crippen molar-refractivity contribution in [2.75, 3.05) is 20.1 Å². The molecule has 2 amide bonds. The van der Waals surface area contributed by atoms with Crippen LogP contribution in [0.25, 0.3) is 10.9 Å². The number of fused-ring (bicyclic) bond motifs is 1. The molecule has 2 aromatic carbocycles. The molecular weight excluding hydrogens is 386 g/mol. The summed E-state index contributed by atoms with van der Waals surface area (Å²) in [6.07, 6.45) is 2.99. The van der Waals surface area contributed by atoms with Gasteiger partial charge in [0.15, 0.2) is 0 Å². The van der Waals surface area contributed by atoms with Gasteiger partial charge in [-0.15, -0.1) is 0 Å². The summed E-state index contributed by atoms with van der Waals surface area (Å²) in [5, 5.41) is 1.78. The van der Waals surface area contributed by atoms with E-state index in [0.29, 0.717) is 24.7 Å². The van der Waals surface area contributed by atoms with Gasteiger partial charge in [0.2, 0.25) is 11.8 Å². The zero-order chi connectivity index (χ0) is 20.4. The second-order valence-electron chi connectivity index (χ2n) is 7.67. The third-order valence-corrected chi connectivity index (χ3v) is 5.82. The second kappa shape index (κ2) is 8.29. The van der Waals surface area contributed by atoms with Crippen LogP contribution in [0.5, 0.6) is 0 Å². The molecule has 0 unspecified atom stereocenters. The molecule has 6 heteroatoms. The highest BCUT2D eigenvalue weighted by Gasteiger charge is 2.35. The summed E-state index contributed by atoms with van der Waals surface area (Å²) in [4.78, 5) is 32.1. The second-order valence-corrected chi connectivity index (χ2v) is 8.11. The van der Waals surface area contributed by atoms with Gasteiger partial charge < -0.3 is 14.8 Å². The fraction of sp³-hybridized carbons (Fsp3) is 0.304. The molecule has 1 fully saturated rings. The molecule has 0 aliphatic carbocycles. The Morgan fingerprint density at radius 1 is 1.24 bits per heavy atom. The molecule has 29 heavy (non-hydrogen) atoms. The Morgan fingerprint density at radius 2 is 2.03 bits per heavy atom. The quantitative estimate of drug-likeness (QED) is 0.671. The monoisotopic (exact) mass is 409 g/mol. The Balaban J connectivity index is 1.36. The maximum Gasteiger partial charge on any atom is 0.228 e. The molecule has 0 spiro atoms. The molecule has 1 atom stereocenters. The van der Waals surface area contributed by atoms with Crippen LogP contribution in [0.4, 0.5) is 0 Å². The topological polar surface area (TPSA) is 56.4 Å². The lowest BCUT2D eigenvalue weighted by molar-refractivity contribution is -0.135. The highest BCUT2D eigenvalue weighted by Crippen LogP contribution is 2.25. The predicted molar refractivity (Wildman–Crippen MR) is 115 cm³/mol. The molecule has 3 aromatic rings. The van der Waals surface area contributed by atoms with Gasteiger partial charge in [-0.25, -0.2) is 0 Å². The first-order valence-corrected chi connectivity index (χ1v) is 10.2. The van der Waals surface area contributed by atoms with Gasteiger partial charge in [0, 0.05) is 55.2 Å². The summed E-state index contributed by atoms with van der Waals surface area (Å²) in [5.41, 5.74) is 3.25. The first kappa shape index (κ1) is 19.5. The van der Waals surface area contributed by atoms with Crippen molar-refractivity contribution in [3.05, 3.63) is 70.9 Å². The number of hydrogen-bond acceptors (Lipinski definition) is 2. The Morgan fingerprint density at radius 3 is 2.83 bits per heavy atom. The van der Waals surface area contributed by atoms with Crippen LogP contribution in [-0.2, 0) is 22.6 Å². The van der Waals surface area contributed by atoms with Crippen molar-refractivity contribution in [2.45, 2.75) is 19.4 Å². The van der Waals surface area contributed by atoms with Crippen LogP contribution in [0.2, 0.25) is 5.02 Å². The van der Waals surface area contributed by atoms with E-state index >= 15 is 0 Å².